The molecule has 4 aromatic rings. The van der Waals surface area contributed by atoms with Crippen LogP contribution in [0.5, 0.6) is 11.6 Å². The van der Waals surface area contributed by atoms with Gasteiger partial charge in [0, 0.05) is 0 Å². The summed E-state index contributed by atoms with van der Waals surface area (Å²) < 4.78 is 12.6. The van der Waals surface area contributed by atoms with Crippen molar-refractivity contribution in [3.8, 4) is 17.7 Å². The summed E-state index contributed by atoms with van der Waals surface area (Å²) in [6.07, 6.45) is 0. The number of nitrogens with two attached hydrogens (primary N) is 1. The predicted molar refractivity (Wildman–Crippen MR) is 112 cm³/mol. The molecule has 0 saturated carbocycles. The lowest BCUT2D eigenvalue weighted by Gasteiger charge is -2.08. The van der Waals surface area contributed by atoms with E-state index in [9.17, 15) is 5.26 Å². The molecule has 3 aromatic carbocycles. The van der Waals surface area contributed by atoms with Gasteiger partial charge in [0.1, 0.15) is 24.2 Å². The zero-order valence-electron chi connectivity index (χ0n) is 16.0. The van der Waals surface area contributed by atoms with Crippen LogP contribution in [0.15, 0.2) is 66.7 Å². The summed E-state index contributed by atoms with van der Waals surface area (Å²) in [6, 6.07) is 23.9. The highest BCUT2D eigenvalue weighted by molar-refractivity contribution is 5.85. The number of rotatable bonds is 6. The van der Waals surface area contributed by atoms with E-state index in [1.54, 1.807) is 11.8 Å². The average Bonchev–Trinajstić information content (AvgIpc) is 3.07. The highest BCUT2D eigenvalue weighted by Crippen LogP contribution is 2.26. The minimum absolute atomic E-state index is 0.237. The molecular weight excluding hydrogens is 364 g/mol. The first-order chi connectivity index (χ1) is 14.2. The van der Waals surface area contributed by atoms with Gasteiger partial charge in [0.25, 0.3) is 5.88 Å². The molecule has 0 radical (unpaired) electrons. The maximum absolute atomic E-state index is 9.54. The summed E-state index contributed by atoms with van der Waals surface area (Å²) in [5, 5.41) is 16.3. The Labute approximate surface area is 168 Å². The van der Waals surface area contributed by atoms with Crippen LogP contribution in [0, 0.1) is 11.3 Å². The lowest BCUT2D eigenvalue weighted by molar-refractivity contribution is 0.289. The van der Waals surface area contributed by atoms with Crippen molar-refractivity contribution in [3.05, 3.63) is 83.4 Å². The average molecular weight is 384 g/mol. The normalized spacial score (nSPS) is 10.6. The summed E-state index contributed by atoms with van der Waals surface area (Å²) in [5.41, 5.74) is 8.46. The van der Waals surface area contributed by atoms with Crippen molar-refractivity contribution < 1.29 is 9.47 Å². The summed E-state index contributed by atoms with van der Waals surface area (Å²) in [4.78, 5) is 0. The minimum atomic E-state index is 0.237. The van der Waals surface area contributed by atoms with Crippen molar-refractivity contribution in [3.63, 3.8) is 0 Å². The lowest BCUT2D eigenvalue weighted by atomic mass is 10.0. The van der Waals surface area contributed by atoms with Crippen molar-refractivity contribution in [2.24, 2.45) is 0 Å². The van der Waals surface area contributed by atoms with E-state index in [0.29, 0.717) is 12.4 Å². The molecule has 0 atom stereocenters. The Hall–Kier alpha value is -3.98. The van der Waals surface area contributed by atoms with Crippen LogP contribution in [0.1, 0.15) is 16.7 Å². The third kappa shape index (κ3) is 3.71. The number of benzene rings is 3. The quantitative estimate of drug-likeness (QED) is 0.540. The molecule has 0 aliphatic carbocycles. The van der Waals surface area contributed by atoms with E-state index in [2.05, 4.69) is 29.4 Å². The molecule has 0 unspecified atom stereocenters. The molecule has 0 aliphatic heterocycles. The molecule has 2 N–H and O–H groups in total. The van der Waals surface area contributed by atoms with E-state index >= 15 is 0 Å². The first-order valence-electron chi connectivity index (χ1n) is 9.18. The Morgan fingerprint density at radius 3 is 2.55 bits per heavy atom. The smallest absolute Gasteiger partial charge is 0.253 e. The van der Waals surface area contributed by atoms with Crippen molar-refractivity contribution in [2.75, 3.05) is 12.8 Å². The van der Waals surface area contributed by atoms with E-state index < -0.39 is 0 Å². The van der Waals surface area contributed by atoms with Gasteiger partial charge in [0.2, 0.25) is 0 Å². The second kappa shape index (κ2) is 7.95. The van der Waals surface area contributed by atoms with Crippen molar-refractivity contribution in [2.45, 2.75) is 13.2 Å². The number of ether oxygens (including phenoxy) is 2. The highest BCUT2D eigenvalue weighted by atomic mass is 16.5. The Morgan fingerprint density at radius 2 is 1.79 bits per heavy atom. The molecular formula is C23H20N4O2. The number of methoxy groups -OCH3 is 1. The molecule has 4 rings (SSSR count). The second-order valence-corrected chi connectivity index (χ2v) is 6.61. The van der Waals surface area contributed by atoms with Gasteiger partial charge in [-0.1, -0.05) is 54.6 Å². The molecule has 6 heteroatoms. The molecule has 0 spiro atoms. The molecule has 0 fully saturated rings. The molecule has 0 saturated heterocycles. The number of hydrogen-bond acceptors (Lipinski definition) is 5. The third-order valence-electron chi connectivity index (χ3n) is 4.81. The Balaban J connectivity index is 1.59. The van der Waals surface area contributed by atoms with Gasteiger partial charge in [-0.2, -0.15) is 5.26 Å². The van der Waals surface area contributed by atoms with E-state index in [0.717, 1.165) is 27.6 Å². The third-order valence-corrected chi connectivity index (χ3v) is 4.81. The summed E-state index contributed by atoms with van der Waals surface area (Å²) in [7, 11) is 1.62. The zero-order valence-corrected chi connectivity index (χ0v) is 16.0. The second-order valence-electron chi connectivity index (χ2n) is 6.61. The molecule has 0 aliphatic rings. The van der Waals surface area contributed by atoms with Gasteiger partial charge in [0.05, 0.1) is 13.7 Å². The Morgan fingerprint density at radius 1 is 1.03 bits per heavy atom. The zero-order chi connectivity index (χ0) is 20.2. The fourth-order valence-electron chi connectivity index (χ4n) is 3.24. The van der Waals surface area contributed by atoms with Crippen LogP contribution in [-0.2, 0) is 13.2 Å². The molecule has 6 nitrogen and oxygen atoms in total. The van der Waals surface area contributed by atoms with E-state index in [1.807, 2.05) is 48.5 Å². The molecule has 0 amide bonds. The number of nitriles is 1. The van der Waals surface area contributed by atoms with Crippen molar-refractivity contribution in [1.29, 1.82) is 5.26 Å². The summed E-state index contributed by atoms with van der Waals surface area (Å²) in [5.74, 6) is 1.31. The topological polar surface area (TPSA) is 86.1 Å². The number of nitrogens with zero attached hydrogens (tertiary/aromatic N) is 3. The van der Waals surface area contributed by atoms with Crippen LogP contribution in [0.25, 0.3) is 10.8 Å². The highest BCUT2D eigenvalue weighted by Gasteiger charge is 2.18. The number of nitrogen functional groups attached to an aromatic ring is 1. The van der Waals surface area contributed by atoms with Crippen LogP contribution in [0.3, 0.4) is 0 Å². The van der Waals surface area contributed by atoms with E-state index in [-0.39, 0.29) is 18.1 Å². The van der Waals surface area contributed by atoms with E-state index in [1.165, 1.54) is 0 Å². The standard InChI is InChI=1S/C23H20N4O2/c1-28-19-11-9-16(10-12-19)15-29-23-21(13-24)22(25)27(26-23)14-18-7-4-6-17-5-2-3-8-20(17)18/h2-12H,14-15,25H2,1H3. The lowest BCUT2D eigenvalue weighted by Crippen LogP contribution is -2.07. The van der Waals surface area contributed by atoms with Gasteiger partial charge in [-0.05, 0) is 34.0 Å². The molecule has 144 valence electrons. The number of aromatic nitrogens is 2. The van der Waals surface area contributed by atoms with Crippen molar-refractivity contribution >= 4 is 16.6 Å². The van der Waals surface area contributed by atoms with Crippen LogP contribution in [0.2, 0.25) is 0 Å². The minimum Gasteiger partial charge on any atom is -0.497 e. The van der Waals surface area contributed by atoms with Crippen molar-refractivity contribution in [1.82, 2.24) is 9.78 Å². The first-order valence-corrected chi connectivity index (χ1v) is 9.18. The van der Waals surface area contributed by atoms with Gasteiger partial charge in [0.15, 0.2) is 5.56 Å². The fourth-order valence-corrected chi connectivity index (χ4v) is 3.24. The molecule has 1 heterocycles. The Bertz CT molecular complexity index is 1180. The SMILES string of the molecule is COc1ccc(COc2nn(Cc3cccc4ccccc34)c(N)c2C#N)cc1. The van der Waals surface area contributed by atoms with Crippen LogP contribution >= 0.6 is 0 Å². The molecule has 29 heavy (non-hydrogen) atoms. The summed E-state index contributed by atoms with van der Waals surface area (Å²) >= 11 is 0. The van der Waals surface area contributed by atoms with Gasteiger partial charge in [-0.15, -0.1) is 5.10 Å². The number of hydrogen-bond donors (Lipinski definition) is 1. The van der Waals surface area contributed by atoms with Crippen LogP contribution < -0.4 is 15.2 Å². The molecule has 1 aromatic heterocycles. The summed E-state index contributed by atoms with van der Waals surface area (Å²) in [6.45, 7) is 0.733. The maximum atomic E-state index is 9.54. The van der Waals surface area contributed by atoms with Gasteiger partial charge < -0.3 is 15.2 Å². The monoisotopic (exact) mass is 384 g/mol. The number of fused-ring (bicyclic) bond motifs is 1. The predicted octanol–water partition coefficient (Wildman–Crippen LogP) is 4.13. The van der Waals surface area contributed by atoms with E-state index in [4.69, 9.17) is 15.2 Å². The van der Waals surface area contributed by atoms with Crippen LogP contribution in [0.4, 0.5) is 5.82 Å². The maximum Gasteiger partial charge on any atom is 0.253 e. The van der Waals surface area contributed by atoms with Gasteiger partial charge in [-0.25, -0.2) is 4.68 Å². The first kappa shape index (κ1) is 18.4. The van der Waals surface area contributed by atoms with Crippen LogP contribution in [-0.4, -0.2) is 16.9 Å². The fraction of sp³-hybridized carbons (Fsp3) is 0.130. The largest absolute Gasteiger partial charge is 0.497 e. The van der Waals surface area contributed by atoms with Gasteiger partial charge in [-0.3, -0.25) is 0 Å². The number of anilines is 1. The Kier molecular flexibility index (Phi) is 5.04. The van der Waals surface area contributed by atoms with Gasteiger partial charge >= 0.3 is 0 Å². The molecule has 0 bridgehead atoms.